The molecule has 1 fully saturated rings. The molecule has 6 heteroatoms. The number of benzene rings is 1. The van der Waals surface area contributed by atoms with E-state index in [-0.39, 0.29) is 5.91 Å². The second-order valence-electron chi connectivity index (χ2n) is 6.23. The molecule has 0 aliphatic carbocycles. The third kappa shape index (κ3) is 3.14. The number of likely N-dealkylation sites (tertiary alicyclic amines) is 1. The van der Waals surface area contributed by atoms with Crippen molar-refractivity contribution in [2.75, 3.05) is 27.2 Å². The highest BCUT2D eigenvalue weighted by Gasteiger charge is 2.44. The first-order chi connectivity index (χ1) is 11.7. The van der Waals surface area contributed by atoms with Crippen LogP contribution in [0.3, 0.4) is 0 Å². The van der Waals surface area contributed by atoms with Crippen LogP contribution in [0.15, 0.2) is 42.7 Å². The van der Waals surface area contributed by atoms with Gasteiger partial charge in [0.15, 0.2) is 5.54 Å². The maximum absolute atomic E-state index is 12.7. The lowest BCUT2D eigenvalue weighted by atomic mass is 9.87. The van der Waals surface area contributed by atoms with E-state index in [0.717, 1.165) is 31.7 Å². The summed E-state index contributed by atoms with van der Waals surface area (Å²) in [6, 6.07) is 9.94. The normalized spacial score (nSPS) is 21.4. The van der Waals surface area contributed by atoms with Crippen LogP contribution in [0.5, 0.6) is 5.75 Å². The summed E-state index contributed by atoms with van der Waals surface area (Å²) in [7, 11) is 3.36. The van der Waals surface area contributed by atoms with Crippen LogP contribution in [-0.2, 0) is 16.9 Å². The number of methoxy groups -OCH3 is 1. The van der Waals surface area contributed by atoms with Gasteiger partial charge in [-0.2, -0.15) is 5.10 Å². The number of carbonyl (C=O) groups is 1. The molecule has 1 N–H and O–H groups in total. The molecule has 1 aliphatic heterocycles. The molecule has 0 spiro atoms. The summed E-state index contributed by atoms with van der Waals surface area (Å²) >= 11 is 0. The summed E-state index contributed by atoms with van der Waals surface area (Å²) in [5.41, 5.74) is 0.539. The van der Waals surface area contributed by atoms with Gasteiger partial charge >= 0.3 is 0 Å². The first-order valence-corrected chi connectivity index (χ1v) is 8.25. The Morgan fingerprint density at radius 2 is 2.29 bits per heavy atom. The number of nitrogens with one attached hydrogen (secondary N) is 1. The Morgan fingerprint density at radius 1 is 1.42 bits per heavy atom. The highest BCUT2D eigenvalue weighted by Crippen LogP contribution is 2.30. The molecule has 1 aromatic carbocycles. The van der Waals surface area contributed by atoms with Gasteiger partial charge in [0.05, 0.1) is 7.11 Å². The van der Waals surface area contributed by atoms with Gasteiger partial charge in [0.1, 0.15) is 5.75 Å². The molecular weight excluding hydrogens is 304 g/mol. The molecule has 2 heterocycles. The summed E-state index contributed by atoms with van der Waals surface area (Å²) in [5, 5.41) is 7.18. The summed E-state index contributed by atoms with van der Waals surface area (Å²) in [6.45, 7) is 2.40. The number of aromatic nitrogens is 2. The van der Waals surface area contributed by atoms with Gasteiger partial charge in [-0.25, -0.2) is 0 Å². The molecule has 2 aromatic rings. The van der Waals surface area contributed by atoms with E-state index in [0.29, 0.717) is 6.54 Å². The predicted octanol–water partition coefficient (Wildman–Crippen LogP) is 1.63. The van der Waals surface area contributed by atoms with Gasteiger partial charge in [0.25, 0.3) is 0 Å². The minimum absolute atomic E-state index is 0.0153. The highest BCUT2D eigenvalue weighted by molar-refractivity contribution is 5.84. The van der Waals surface area contributed by atoms with Crippen LogP contribution < -0.4 is 10.1 Å². The number of nitrogens with zero attached hydrogens (tertiary/aromatic N) is 3. The lowest BCUT2D eigenvalue weighted by molar-refractivity contribution is -0.133. The molecule has 3 rings (SSSR count). The van der Waals surface area contributed by atoms with E-state index >= 15 is 0 Å². The second kappa shape index (κ2) is 7.05. The molecule has 1 unspecified atom stereocenters. The fourth-order valence-electron chi connectivity index (χ4n) is 3.52. The molecule has 6 nitrogen and oxygen atoms in total. The Kier molecular flexibility index (Phi) is 4.85. The number of hydrogen-bond donors (Lipinski definition) is 1. The number of likely N-dealkylation sites (N-methyl/N-ethyl adjacent to an activating group) is 1. The van der Waals surface area contributed by atoms with Crippen LogP contribution in [0.25, 0.3) is 0 Å². The van der Waals surface area contributed by atoms with Gasteiger partial charge < -0.3 is 10.1 Å². The van der Waals surface area contributed by atoms with Gasteiger partial charge in [0, 0.05) is 32.5 Å². The van der Waals surface area contributed by atoms with E-state index < -0.39 is 5.54 Å². The van der Waals surface area contributed by atoms with Gasteiger partial charge in [-0.15, -0.1) is 0 Å². The van der Waals surface area contributed by atoms with Crippen molar-refractivity contribution in [1.29, 1.82) is 0 Å². The molecule has 1 saturated heterocycles. The van der Waals surface area contributed by atoms with Crippen molar-refractivity contribution in [2.24, 2.45) is 0 Å². The molecule has 1 atom stereocenters. The Balaban J connectivity index is 1.82. The van der Waals surface area contributed by atoms with Crippen LogP contribution in [-0.4, -0.2) is 47.8 Å². The number of carbonyl (C=O) groups excluding carboxylic acids is 1. The Morgan fingerprint density at radius 3 is 3.00 bits per heavy atom. The van der Waals surface area contributed by atoms with Crippen LogP contribution in [0, 0.1) is 0 Å². The average Bonchev–Trinajstić information content (AvgIpc) is 3.16. The Hall–Kier alpha value is -2.34. The van der Waals surface area contributed by atoms with E-state index in [1.54, 1.807) is 20.4 Å². The number of amides is 1. The van der Waals surface area contributed by atoms with Gasteiger partial charge in [-0.1, -0.05) is 12.1 Å². The minimum Gasteiger partial charge on any atom is -0.497 e. The van der Waals surface area contributed by atoms with Crippen molar-refractivity contribution in [2.45, 2.75) is 24.9 Å². The lowest BCUT2D eigenvalue weighted by Crippen LogP contribution is -2.57. The van der Waals surface area contributed by atoms with E-state index in [1.165, 1.54) is 5.56 Å². The summed E-state index contributed by atoms with van der Waals surface area (Å²) in [4.78, 5) is 15.0. The number of rotatable bonds is 5. The van der Waals surface area contributed by atoms with Gasteiger partial charge in [-0.05, 0) is 43.1 Å². The van der Waals surface area contributed by atoms with Crippen molar-refractivity contribution >= 4 is 5.91 Å². The number of ether oxygens (including phenoxy) is 1. The highest BCUT2D eigenvalue weighted by atomic mass is 16.5. The summed E-state index contributed by atoms with van der Waals surface area (Å²) < 4.78 is 7.11. The average molecular weight is 328 g/mol. The van der Waals surface area contributed by atoms with E-state index in [9.17, 15) is 4.79 Å². The van der Waals surface area contributed by atoms with Crippen molar-refractivity contribution < 1.29 is 9.53 Å². The monoisotopic (exact) mass is 328 g/mol. The van der Waals surface area contributed by atoms with Crippen LogP contribution >= 0.6 is 0 Å². The molecular formula is C18H24N4O2. The number of hydrogen-bond acceptors (Lipinski definition) is 4. The SMILES string of the molecule is CNC(=O)C1(n2cccn2)CCCN(Cc2cccc(OC)c2)C1. The third-order valence-corrected chi connectivity index (χ3v) is 4.68. The zero-order chi connectivity index (χ0) is 17.0. The topological polar surface area (TPSA) is 59.4 Å². The quantitative estimate of drug-likeness (QED) is 0.906. The maximum atomic E-state index is 12.7. The lowest BCUT2D eigenvalue weighted by Gasteiger charge is -2.41. The van der Waals surface area contributed by atoms with Crippen LogP contribution in [0.2, 0.25) is 0 Å². The standard InChI is InChI=1S/C18H24N4O2/c1-19-17(23)18(22-11-5-9-20-22)8-4-10-21(14-18)13-15-6-3-7-16(12-15)24-2/h3,5-7,9,11-12H,4,8,10,13-14H2,1-2H3,(H,19,23). The van der Waals surface area contributed by atoms with E-state index in [1.807, 2.05) is 35.1 Å². The summed E-state index contributed by atoms with van der Waals surface area (Å²) in [6.07, 6.45) is 5.36. The molecule has 1 aliphatic rings. The van der Waals surface area contributed by atoms with E-state index in [4.69, 9.17) is 4.74 Å². The van der Waals surface area contributed by atoms with E-state index in [2.05, 4.69) is 21.4 Å². The molecule has 128 valence electrons. The van der Waals surface area contributed by atoms with Crippen LogP contribution in [0.1, 0.15) is 18.4 Å². The van der Waals surface area contributed by atoms with Crippen molar-refractivity contribution in [3.05, 3.63) is 48.3 Å². The predicted molar refractivity (Wildman–Crippen MR) is 91.8 cm³/mol. The first-order valence-electron chi connectivity index (χ1n) is 8.25. The second-order valence-corrected chi connectivity index (χ2v) is 6.23. The van der Waals surface area contributed by atoms with Crippen molar-refractivity contribution in [3.8, 4) is 5.75 Å². The zero-order valence-corrected chi connectivity index (χ0v) is 14.2. The molecule has 24 heavy (non-hydrogen) atoms. The molecule has 0 radical (unpaired) electrons. The Labute approximate surface area is 142 Å². The fraction of sp³-hybridized carbons (Fsp3) is 0.444. The molecule has 1 aromatic heterocycles. The molecule has 0 saturated carbocycles. The van der Waals surface area contributed by atoms with Gasteiger partial charge in [0.2, 0.25) is 5.91 Å². The molecule has 1 amide bonds. The van der Waals surface area contributed by atoms with Crippen LogP contribution in [0.4, 0.5) is 0 Å². The largest absolute Gasteiger partial charge is 0.497 e. The maximum Gasteiger partial charge on any atom is 0.249 e. The first kappa shape index (κ1) is 16.5. The minimum atomic E-state index is -0.643. The Bertz CT molecular complexity index is 686. The smallest absolute Gasteiger partial charge is 0.249 e. The zero-order valence-electron chi connectivity index (χ0n) is 14.2. The van der Waals surface area contributed by atoms with Gasteiger partial charge in [-0.3, -0.25) is 14.4 Å². The summed E-state index contributed by atoms with van der Waals surface area (Å²) in [5.74, 6) is 0.871. The fourth-order valence-corrected chi connectivity index (χ4v) is 3.52. The van der Waals surface area contributed by atoms with Crippen molar-refractivity contribution in [1.82, 2.24) is 20.0 Å². The number of piperidine rings is 1. The van der Waals surface area contributed by atoms with Crippen molar-refractivity contribution in [3.63, 3.8) is 0 Å². The third-order valence-electron chi connectivity index (χ3n) is 4.68. The molecule has 0 bridgehead atoms.